The minimum atomic E-state index is -0.330. The van der Waals surface area contributed by atoms with Gasteiger partial charge in [-0.1, -0.05) is 23.2 Å². The average Bonchev–Trinajstić information content (AvgIpc) is 2.39. The topological polar surface area (TPSA) is 47.0 Å². The molecule has 0 aliphatic rings. The Kier molecular flexibility index (Phi) is 4.30. The lowest BCUT2D eigenvalue weighted by Crippen LogP contribution is -2.09. The minimum Gasteiger partial charge on any atom is -0.294 e. The molecule has 1 aromatic heterocycles. The molecule has 0 radical (unpaired) electrons. The molecule has 0 saturated heterocycles. The van der Waals surface area contributed by atoms with Crippen LogP contribution in [0.25, 0.3) is 0 Å². The van der Waals surface area contributed by atoms with Gasteiger partial charge < -0.3 is 0 Å². The molecule has 1 heterocycles. The Morgan fingerprint density at radius 2 is 1.68 bits per heavy atom. The highest BCUT2D eigenvalue weighted by Gasteiger charge is 2.16. The Balaban J connectivity index is 2.15. The third-order valence-electron chi connectivity index (χ3n) is 2.55. The Morgan fingerprint density at radius 3 is 2.32 bits per heavy atom. The van der Waals surface area contributed by atoms with E-state index in [4.69, 9.17) is 23.2 Å². The van der Waals surface area contributed by atoms with Gasteiger partial charge in [0.05, 0.1) is 11.4 Å². The van der Waals surface area contributed by atoms with Crippen molar-refractivity contribution in [1.82, 2.24) is 4.98 Å². The first-order valence-corrected chi connectivity index (χ1v) is 6.25. The first kappa shape index (κ1) is 13.7. The number of carbonyl (C=O) groups excluding carboxylic acids is 2. The summed E-state index contributed by atoms with van der Waals surface area (Å²) in [5, 5.41) is 0.696. The molecule has 3 nitrogen and oxygen atoms in total. The highest BCUT2D eigenvalue weighted by Crippen LogP contribution is 2.22. The Morgan fingerprint density at radius 1 is 1.00 bits per heavy atom. The van der Waals surface area contributed by atoms with Gasteiger partial charge in [0.1, 0.15) is 0 Å². The number of benzene rings is 1. The van der Waals surface area contributed by atoms with Crippen molar-refractivity contribution in [2.75, 3.05) is 0 Å². The summed E-state index contributed by atoms with van der Waals surface area (Å²) in [6, 6.07) is 7.70. The molecule has 2 rings (SSSR count). The van der Waals surface area contributed by atoms with Gasteiger partial charge in [0.2, 0.25) is 0 Å². The van der Waals surface area contributed by atoms with E-state index in [-0.39, 0.29) is 23.0 Å². The quantitative estimate of drug-likeness (QED) is 0.635. The number of hydrogen-bond acceptors (Lipinski definition) is 3. The molecule has 0 aliphatic heterocycles. The van der Waals surface area contributed by atoms with Crippen molar-refractivity contribution in [2.45, 2.75) is 6.42 Å². The summed E-state index contributed by atoms with van der Waals surface area (Å²) in [4.78, 5) is 27.7. The zero-order valence-corrected chi connectivity index (χ0v) is 11.3. The lowest BCUT2D eigenvalue weighted by atomic mass is 10.0. The SMILES string of the molecule is O=C(CC(=O)c1ccc(Cl)cc1Cl)c1ccncc1. The van der Waals surface area contributed by atoms with Crippen molar-refractivity contribution in [2.24, 2.45) is 0 Å². The van der Waals surface area contributed by atoms with E-state index in [1.807, 2.05) is 0 Å². The van der Waals surface area contributed by atoms with Crippen LogP contribution in [0.15, 0.2) is 42.7 Å². The fourth-order valence-electron chi connectivity index (χ4n) is 1.60. The van der Waals surface area contributed by atoms with Gasteiger partial charge in [-0.05, 0) is 30.3 Å². The third-order valence-corrected chi connectivity index (χ3v) is 3.10. The second-order valence-electron chi connectivity index (χ2n) is 3.88. The van der Waals surface area contributed by atoms with E-state index in [1.165, 1.54) is 24.5 Å². The van der Waals surface area contributed by atoms with Crippen molar-refractivity contribution in [1.29, 1.82) is 0 Å². The standard InChI is InChI=1S/C14H9Cl2NO2/c15-10-1-2-11(12(16)7-10)14(19)8-13(18)9-3-5-17-6-4-9/h1-7H,8H2. The number of ketones is 2. The second-order valence-corrected chi connectivity index (χ2v) is 4.73. The van der Waals surface area contributed by atoms with Crippen molar-refractivity contribution in [3.05, 3.63) is 63.9 Å². The van der Waals surface area contributed by atoms with Gasteiger partial charge in [0, 0.05) is 28.5 Å². The smallest absolute Gasteiger partial charge is 0.172 e. The summed E-state index contributed by atoms with van der Waals surface area (Å²) >= 11 is 11.7. The van der Waals surface area contributed by atoms with E-state index in [2.05, 4.69) is 4.98 Å². The molecule has 0 N–H and O–H groups in total. The van der Waals surface area contributed by atoms with Gasteiger partial charge in [-0.25, -0.2) is 0 Å². The molecule has 19 heavy (non-hydrogen) atoms. The number of carbonyl (C=O) groups is 2. The predicted molar refractivity (Wildman–Crippen MR) is 74.0 cm³/mol. The van der Waals surface area contributed by atoms with Crippen LogP contribution in [0.2, 0.25) is 10.0 Å². The lowest BCUT2D eigenvalue weighted by molar-refractivity contribution is 0.0894. The van der Waals surface area contributed by atoms with Gasteiger partial charge >= 0.3 is 0 Å². The zero-order chi connectivity index (χ0) is 13.8. The van der Waals surface area contributed by atoms with E-state index < -0.39 is 0 Å². The fourth-order valence-corrected chi connectivity index (χ4v) is 2.11. The van der Waals surface area contributed by atoms with E-state index >= 15 is 0 Å². The second kappa shape index (κ2) is 5.95. The molecule has 0 spiro atoms. The van der Waals surface area contributed by atoms with Crippen molar-refractivity contribution >= 4 is 34.8 Å². The van der Waals surface area contributed by atoms with E-state index in [9.17, 15) is 9.59 Å². The molecular weight excluding hydrogens is 285 g/mol. The van der Waals surface area contributed by atoms with Gasteiger partial charge in [-0.2, -0.15) is 0 Å². The van der Waals surface area contributed by atoms with Crippen molar-refractivity contribution < 1.29 is 9.59 Å². The monoisotopic (exact) mass is 293 g/mol. The van der Waals surface area contributed by atoms with Crippen molar-refractivity contribution in [3.63, 3.8) is 0 Å². The molecule has 0 atom stereocenters. The summed E-state index contributed by atoms with van der Waals surface area (Å²) in [6.07, 6.45) is 2.78. The van der Waals surface area contributed by atoms with Gasteiger partial charge in [0.15, 0.2) is 11.6 Å². The van der Waals surface area contributed by atoms with Crippen LogP contribution >= 0.6 is 23.2 Å². The maximum absolute atomic E-state index is 12.0. The first-order valence-electron chi connectivity index (χ1n) is 5.49. The molecule has 0 amide bonds. The van der Waals surface area contributed by atoms with Crippen LogP contribution in [0.4, 0.5) is 0 Å². The number of Topliss-reactive ketones (excluding diaryl/α,β-unsaturated/α-hetero) is 2. The zero-order valence-electron chi connectivity index (χ0n) is 9.77. The van der Waals surface area contributed by atoms with Gasteiger partial charge in [-0.3, -0.25) is 14.6 Å². The van der Waals surface area contributed by atoms with Gasteiger partial charge in [0.25, 0.3) is 0 Å². The first-order chi connectivity index (χ1) is 9.08. The maximum atomic E-state index is 12.0. The summed E-state index contributed by atoms with van der Waals surface area (Å²) < 4.78 is 0. The van der Waals surface area contributed by atoms with Crippen LogP contribution in [0.1, 0.15) is 27.1 Å². The van der Waals surface area contributed by atoms with E-state index in [1.54, 1.807) is 18.2 Å². The summed E-state index contributed by atoms with van der Waals surface area (Å²) in [7, 11) is 0. The molecule has 0 fully saturated rings. The third kappa shape index (κ3) is 3.40. The van der Waals surface area contributed by atoms with Crippen LogP contribution in [0.3, 0.4) is 0 Å². The van der Waals surface area contributed by atoms with Crippen LogP contribution in [-0.2, 0) is 0 Å². The highest BCUT2D eigenvalue weighted by molar-refractivity contribution is 6.37. The molecule has 0 unspecified atom stereocenters. The number of nitrogens with zero attached hydrogens (tertiary/aromatic N) is 1. The number of halogens is 2. The van der Waals surface area contributed by atoms with Crippen molar-refractivity contribution in [3.8, 4) is 0 Å². The van der Waals surface area contributed by atoms with Crippen LogP contribution < -0.4 is 0 Å². The fraction of sp³-hybridized carbons (Fsp3) is 0.0714. The molecule has 0 aliphatic carbocycles. The molecule has 5 heteroatoms. The molecule has 0 saturated carbocycles. The maximum Gasteiger partial charge on any atom is 0.172 e. The molecule has 96 valence electrons. The Labute approximate surface area is 120 Å². The summed E-state index contributed by atoms with van der Waals surface area (Å²) in [5.41, 5.74) is 0.752. The molecule has 1 aromatic carbocycles. The number of aromatic nitrogens is 1. The Bertz CT molecular complexity index is 627. The minimum absolute atomic E-state index is 0.231. The normalized spacial score (nSPS) is 10.2. The summed E-state index contributed by atoms with van der Waals surface area (Å²) in [6.45, 7) is 0. The predicted octanol–water partition coefficient (Wildman–Crippen LogP) is 3.84. The van der Waals surface area contributed by atoms with E-state index in [0.717, 1.165) is 0 Å². The lowest BCUT2D eigenvalue weighted by Gasteiger charge is -2.03. The molecular formula is C14H9Cl2NO2. The van der Waals surface area contributed by atoms with Crippen LogP contribution in [0, 0.1) is 0 Å². The number of pyridine rings is 1. The average molecular weight is 294 g/mol. The number of rotatable bonds is 4. The molecule has 2 aromatic rings. The van der Waals surface area contributed by atoms with Gasteiger partial charge in [-0.15, -0.1) is 0 Å². The Hall–Kier alpha value is -1.71. The number of hydrogen-bond donors (Lipinski definition) is 0. The largest absolute Gasteiger partial charge is 0.294 e. The van der Waals surface area contributed by atoms with Crippen LogP contribution in [0.5, 0.6) is 0 Å². The highest BCUT2D eigenvalue weighted by atomic mass is 35.5. The summed E-state index contributed by atoms with van der Waals surface area (Å²) in [5.74, 6) is -0.595. The van der Waals surface area contributed by atoms with E-state index in [0.29, 0.717) is 16.1 Å². The van der Waals surface area contributed by atoms with Crippen LogP contribution in [-0.4, -0.2) is 16.6 Å². The molecule has 0 bridgehead atoms.